The Morgan fingerprint density at radius 1 is 1.47 bits per heavy atom. The molecular formula is C12H16N3O2+. The second-order valence-corrected chi connectivity index (χ2v) is 3.65. The smallest absolute Gasteiger partial charge is 0.429 e. The van der Waals surface area contributed by atoms with Crippen molar-refractivity contribution in [3.05, 3.63) is 53.0 Å². The number of aliphatic hydroxyl groups is 1. The second kappa shape index (κ2) is 7.25. The topological polar surface area (TPSA) is 60.9 Å². The molecule has 0 spiro atoms. The first-order chi connectivity index (χ1) is 8.22. The quantitative estimate of drug-likeness (QED) is 0.606. The maximum atomic E-state index is 9.02. The summed E-state index contributed by atoms with van der Waals surface area (Å²) in [5, 5.41) is 17.2. The van der Waals surface area contributed by atoms with E-state index < -0.39 is 0 Å². The normalized spacial score (nSPS) is 11.2. The molecular weight excluding hydrogens is 218 g/mol. The summed E-state index contributed by atoms with van der Waals surface area (Å²) < 4.78 is 4.91. The van der Waals surface area contributed by atoms with E-state index in [1.165, 1.54) is 5.56 Å². The van der Waals surface area contributed by atoms with Crippen molar-refractivity contribution < 1.29 is 9.84 Å². The third-order valence-electron chi connectivity index (χ3n) is 2.19. The van der Waals surface area contributed by atoms with Crippen LogP contribution >= 0.6 is 0 Å². The highest BCUT2D eigenvalue weighted by Gasteiger charge is 2.03. The Bertz CT molecular complexity index is 398. The average Bonchev–Trinajstić information content (AvgIpc) is 2.30. The van der Waals surface area contributed by atoms with Crippen molar-refractivity contribution in [1.29, 1.82) is 5.39 Å². The zero-order chi connectivity index (χ0) is 12.5. The van der Waals surface area contributed by atoms with Crippen LogP contribution in [0, 0.1) is 5.39 Å². The lowest BCUT2D eigenvalue weighted by molar-refractivity contribution is 0.0787. The van der Waals surface area contributed by atoms with Gasteiger partial charge in [-0.25, -0.2) is 0 Å². The van der Waals surface area contributed by atoms with Gasteiger partial charge in [-0.2, -0.15) is 0 Å². The minimum Gasteiger partial charge on any atom is -0.476 e. The van der Waals surface area contributed by atoms with Crippen molar-refractivity contribution in [1.82, 2.24) is 4.90 Å². The predicted octanol–water partition coefficient (Wildman–Crippen LogP) is 2.34. The van der Waals surface area contributed by atoms with Crippen molar-refractivity contribution in [3.8, 4) is 0 Å². The Hall–Kier alpha value is -2.06. The predicted molar refractivity (Wildman–Crippen MR) is 64.5 cm³/mol. The first kappa shape index (κ1) is 13.0. The molecule has 0 aliphatic heterocycles. The first-order valence-corrected chi connectivity index (χ1v) is 5.31. The monoisotopic (exact) mass is 234 g/mol. The molecule has 0 bridgehead atoms. The van der Waals surface area contributed by atoms with Gasteiger partial charge in [-0.15, -0.1) is 0 Å². The van der Waals surface area contributed by atoms with Crippen LogP contribution in [0.2, 0.25) is 0 Å². The zero-order valence-electron chi connectivity index (χ0n) is 9.78. The van der Waals surface area contributed by atoms with Crippen molar-refractivity contribution in [2.24, 2.45) is 0 Å². The fourth-order valence-electron chi connectivity index (χ4n) is 1.37. The van der Waals surface area contributed by atoms with Gasteiger partial charge in [0.25, 0.3) is 0 Å². The van der Waals surface area contributed by atoms with Crippen LogP contribution in [0.25, 0.3) is 4.98 Å². The number of diazo groups is 1. The van der Waals surface area contributed by atoms with E-state index >= 15 is 0 Å². The van der Waals surface area contributed by atoms with E-state index in [1.54, 1.807) is 0 Å². The van der Waals surface area contributed by atoms with Crippen LogP contribution in [0.4, 0.5) is 0 Å². The van der Waals surface area contributed by atoms with E-state index in [-0.39, 0.29) is 5.95 Å². The molecule has 0 fully saturated rings. The van der Waals surface area contributed by atoms with E-state index in [1.807, 2.05) is 25.2 Å². The molecule has 0 radical (unpaired) electrons. The molecule has 0 amide bonds. The molecule has 0 aliphatic carbocycles. The molecule has 5 heteroatoms. The summed E-state index contributed by atoms with van der Waals surface area (Å²) in [5.74, 6) is -0.388. The number of hydrogen-bond donors (Lipinski definition) is 1. The third-order valence-corrected chi connectivity index (χ3v) is 2.19. The van der Waals surface area contributed by atoms with Gasteiger partial charge in [0, 0.05) is 13.1 Å². The van der Waals surface area contributed by atoms with Crippen LogP contribution in [0.1, 0.15) is 5.56 Å². The van der Waals surface area contributed by atoms with E-state index in [4.69, 9.17) is 15.2 Å². The highest BCUT2D eigenvalue weighted by Crippen LogP contribution is 2.02. The summed E-state index contributed by atoms with van der Waals surface area (Å²) >= 11 is 0. The van der Waals surface area contributed by atoms with Crippen LogP contribution in [0.3, 0.4) is 0 Å². The molecule has 1 rings (SSSR count). The summed E-state index contributed by atoms with van der Waals surface area (Å²) in [6.07, 6.45) is 0.844. The summed E-state index contributed by atoms with van der Waals surface area (Å²) in [6, 6.07) is 10.1. The number of benzene rings is 1. The largest absolute Gasteiger partial charge is 0.476 e. The average molecular weight is 234 g/mol. The molecule has 1 aromatic rings. The van der Waals surface area contributed by atoms with Crippen molar-refractivity contribution in [3.63, 3.8) is 0 Å². The molecule has 0 heterocycles. The third kappa shape index (κ3) is 5.54. The lowest BCUT2D eigenvalue weighted by Crippen LogP contribution is -2.22. The fourth-order valence-corrected chi connectivity index (χ4v) is 1.37. The molecule has 0 aromatic heterocycles. The minimum absolute atomic E-state index is 0.335. The van der Waals surface area contributed by atoms with Crippen LogP contribution in [-0.4, -0.2) is 30.2 Å². The molecule has 17 heavy (non-hydrogen) atoms. The van der Waals surface area contributed by atoms with E-state index in [2.05, 4.69) is 22.0 Å². The number of nitrogens with zero attached hydrogens (tertiary/aromatic N) is 3. The lowest BCUT2D eigenvalue weighted by atomic mass is 10.2. The molecule has 0 unspecified atom stereocenters. The standard InChI is InChI=1S/C12H15N3O2/c1-15(7-8-17-12(16)9-14-13)10-11-5-3-2-4-6-11/h2-6,9H,7-8,10H2,1H3/p+1/b12-9+. The Balaban J connectivity index is 2.25. The highest BCUT2D eigenvalue weighted by molar-refractivity contribution is 5.14. The summed E-state index contributed by atoms with van der Waals surface area (Å²) in [4.78, 5) is 4.72. The molecule has 90 valence electrons. The van der Waals surface area contributed by atoms with Gasteiger partial charge in [0.15, 0.2) is 4.98 Å². The lowest BCUT2D eigenvalue weighted by Gasteiger charge is -2.16. The number of rotatable bonds is 6. The molecule has 0 atom stereocenters. The summed E-state index contributed by atoms with van der Waals surface area (Å²) in [6.45, 7) is 1.82. The van der Waals surface area contributed by atoms with Gasteiger partial charge in [-0.1, -0.05) is 30.3 Å². The number of aliphatic hydroxyl groups excluding tert-OH is 1. The van der Waals surface area contributed by atoms with Gasteiger partial charge in [-0.05, 0) is 12.6 Å². The number of ether oxygens (including phenoxy) is 1. The minimum atomic E-state index is -0.388. The molecule has 0 saturated carbocycles. The number of hydrogen-bond acceptors (Lipinski definition) is 4. The van der Waals surface area contributed by atoms with E-state index in [0.29, 0.717) is 13.2 Å². The van der Waals surface area contributed by atoms with Gasteiger partial charge in [0.1, 0.15) is 6.61 Å². The fraction of sp³-hybridized carbons (Fsp3) is 0.333. The van der Waals surface area contributed by atoms with Crippen molar-refractivity contribution in [2.75, 3.05) is 20.2 Å². The molecule has 0 aliphatic rings. The van der Waals surface area contributed by atoms with Gasteiger partial charge in [0.05, 0.1) is 0 Å². The summed E-state index contributed by atoms with van der Waals surface area (Å²) in [5.41, 5.74) is 1.22. The van der Waals surface area contributed by atoms with E-state index in [0.717, 1.165) is 12.7 Å². The van der Waals surface area contributed by atoms with Gasteiger partial charge < -0.3 is 9.84 Å². The molecule has 5 nitrogen and oxygen atoms in total. The van der Waals surface area contributed by atoms with E-state index in [9.17, 15) is 0 Å². The Kier molecular flexibility index (Phi) is 5.55. The van der Waals surface area contributed by atoms with Crippen LogP contribution in [0.5, 0.6) is 0 Å². The number of likely N-dealkylation sites (N-methyl/N-ethyl adjacent to an activating group) is 1. The van der Waals surface area contributed by atoms with Crippen molar-refractivity contribution >= 4 is 0 Å². The van der Waals surface area contributed by atoms with Crippen LogP contribution in [0.15, 0.2) is 42.5 Å². The zero-order valence-corrected chi connectivity index (χ0v) is 9.78. The molecule has 0 saturated heterocycles. The maximum absolute atomic E-state index is 9.02. The Morgan fingerprint density at radius 2 is 2.18 bits per heavy atom. The first-order valence-electron chi connectivity index (χ1n) is 5.31. The second-order valence-electron chi connectivity index (χ2n) is 3.65. The van der Waals surface area contributed by atoms with Crippen LogP contribution < -0.4 is 0 Å². The Morgan fingerprint density at radius 3 is 2.82 bits per heavy atom. The maximum Gasteiger partial charge on any atom is 0.429 e. The Labute approximate surface area is 101 Å². The van der Waals surface area contributed by atoms with Gasteiger partial charge in [-0.3, -0.25) is 4.90 Å². The summed E-state index contributed by atoms with van der Waals surface area (Å²) in [7, 11) is 1.97. The molecule has 1 N–H and O–H groups in total. The highest BCUT2D eigenvalue weighted by atomic mass is 16.6. The SMILES string of the molecule is CN(CCO/C(O)=C/[N+]#N)Cc1ccccc1. The van der Waals surface area contributed by atoms with Gasteiger partial charge in [0.2, 0.25) is 5.39 Å². The van der Waals surface area contributed by atoms with Crippen molar-refractivity contribution in [2.45, 2.75) is 6.54 Å². The van der Waals surface area contributed by atoms with Crippen LogP contribution in [-0.2, 0) is 11.3 Å². The van der Waals surface area contributed by atoms with Gasteiger partial charge >= 0.3 is 12.1 Å². The molecule has 1 aromatic carbocycles.